The second-order valence-electron chi connectivity index (χ2n) is 22.9. The standard InChI is InChI=1S/C62H92IN11O21/c63-44-35-43(18-21-50(44)76)37-48(67-53(79)22-20-49(61(92)93)74-33-31-72(39-56(84)85)28-27-71(38-55(82)83)29-30-73(32-34-74)40-95-41-75)58(87)68-47(36-42-13-5-3-6-14-42)57(86)66-26-11-4-10-24-64-51(77)16-7-1-2-8-17-52(78)65-25-12-9-15-45(59(88)89)69-62(94)70-46(60(90)91)19-23-54(80)81/h3,5-6,13-14,18,21,35,41,45-49,76H,1-2,4,7-12,15-17,19-20,22-34,36-40H2,(H,64,77)(H,65,78)(H,66,86)(H,67,79)(H,68,87)(H,80,81)(H,82,83)(H,84,85)(H,88,89)(H,90,91)(H,92,93)(H2,69,70,94). The molecule has 1 aliphatic rings. The van der Waals surface area contributed by atoms with Crippen LogP contribution >= 0.6 is 22.6 Å². The summed E-state index contributed by atoms with van der Waals surface area (Å²) in [6.45, 7) is 1.23. The molecule has 2 aromatic rings. The van der Waals surface area contributed by atoms with Crippen LogP contribution in [0.5, 0.6) is 5.75 Å². The third-order valence-electron chi connectivity index (χ3n) is 15.4. The van der Waals surface area contributed by atoms with Crippen molar-refractivity contribution >= 4 is 100 Å². The van der Waals surface area contributed by atoms with Crippen molar-refractivity contribution in [3.63, 3.8) is 0 Å². The minimum absolute atomic E-state index is 0.00774. The van der Waals surface area contributed by atoms with Gasteiger partial charge in [-0.3, -0.25) is 67.5 Å². The molecule has 33 heteroatoms. The van der Waals surface area contributed by atoms with Gasteiger partial charge in [0.25, 0.3) is 6.47 Å². The fourth-order valence-electron chi connectivity index (χ4n) is 10.2. The Morgan fingerprint density at radius 1 is 0.474 bits per heavy atom. The second-order valence-corrected chi connectivity index (χ2v) is 24.1. The number of phenols is 1. The molecule has 0 bridgehead atoms. The summed E-state index contributed by atoms with van der Waals surface area (Å²) in [7, 11) is 0. The van der Waals surface area contributed by atoms with Crippen LogP contribution in [0.25, 0.3) is 0 Å². The number of nitrogens with one attached hydrogen (secondary N) is 7. The number of hydrogen-bond donors (Lipinski definition) is 14. The van der Waals surface area contributed by atoms with E-state index in [0.717, 1.165) is 5.56 Å². The van der Waals surface area contributed by atoms with E-state index >= 15 is 0 Å². The molecule has 7 amide bonds. The van der Waals surface area contributed by atoms with Crippen LogP contribution in [0.4, 0.5) is 4.79 Å². The first-order valence-electron chi connectivity index (χ1n) is 31.6. The number of benzene rings is 2. The van der Waals surface area contributed by atoms with Crippen molar-refractivity contribution in [2.75, 3.05) is 91.8 Å². The van der Waals surface area contributed by atoms with Gasteiger partial charge < -0.3 is 77.7 Å². The first-order chi connectivity index (χ1) is 45.3. The number of carboxylic acid groups (broad SMARTS) is 6. The number of aliphatic carboxylic acids is 6. The molecule has 1 fully saturated rings. The lowest BCUT2D eigenvalue weighted by Crippen LogP contribution is -2.55. The van der Waals surface area contributed by atoms with Crippen molar-refractivity contribution in [1.82, 2.24) is 56.8 Å². The Morgan fingerprint density at radius 3 is 1.52 bits per heavy atom. The number of hydrogen-bond acceptors (Lipinski definition) is 19. The van der Waals surface area contributed by atoms with Crippen molar-refractivity contribution in [2.45, 2.75) is 146 Å². The zero-order valence-corrected chi connectivity index (χ0v) is 55.4. The van der Waals surface area contributed by atoms with Gasteiger partial charge in [-0.15, -0.1) is 0 Å². The number of rotatable bonds is 45. The zero-order valence-electron chi connectivity index (χ0n) is 53.2. The molecule has 32 nitrogen and oxygen atoms in total. The van der Waals surface area contributed by atoms with Gasteiger partial charge in [-0.1, -0.05) is 49.2 Å². The number of unbranched alkanes of at least 4 members (excludes halogenated alkanes) is 6. The molecule has 5 atom stereocenters. The highest BCUT2D eigenvalue weighted by atomic mass is 127. The molecule has 14 N–H and O–H groups in total. The van der Waals surface area contributed by atoms with E-state index < -0.39 is 109 Å². The van der Waals surface area contributed by atoms with Gasteiger partial charge in [-0.25, -0.2) is 14.4 Å². The van der Waals surface area contributed by atoms with Gasteiger partial charge in [0.1, 0.15) is 42.7 Å². The maximum atomic E-state index is 14.4. The average molecular weight is 1450 g/mol. The van der Waals surface area contributed by atoms with Crippen molar-refractivity contribution in [3.05, 3.63) is 63.2 Å². The molecular weight excluding hydrogens is 1360 g/mol. The number of carbonyl (C=O) groups excluding carboxylic acids is 7. The van der Waals surface area contributed by atoms with E-state index in [9.17, 15) is 93.0 Å². The number of carboxylic acids is 6. The summed E-state index contributed by atoms with van der Waals surface area (Å²) in [6, 6.07) is 5.93. The van der Waals surface area contributed by atoms with E-state index in [-0.39, 0.29) is 141 Å². The lowest BCUT2D eigenvalue weighted by atomic mass is 10.0. The van der Waals surface area contributed by atoms with Gasteiger partial charge >= 0.3 is 41.8 Å². The minimum atomic E-state index is -1.52. The summed E-state index contributed by atoms with van der Waals surface area (Å²) >= 11 is 1.92. The van der Waals surface area contributed by atoms with Gasteiger partial charge in [0.2, 0.25) is 29.5 Å². The summed E-state index contributed by atoms with van der Waals surface area (Å²) in [5.74, 6) is -9.85. The van der Waals surface area contributed by atoms with Crippen LogP contribution in [0.3, 0.4) is 0 Å². The Labute approximate surface area is 564 Å². The molecule has 0 aromatic heterocycles. The first kappa shape index (κ1) is 81.0. The molecule has 0 saturated carbocycles. The second kappa shape index (κ2) is 45.9. The van der Waals surface area contributed by atoms with E-state index in [1.54, 1.807) is 62.1 Å². The van der Waals surface area contributed by atoms with Gasteiger partial charge in [0.15, 0.2) is 0 Å². The number of amides is 7. The monoisotopic (exact) mass is 1450 g/mol. The van der Waals surface area contributed by atoms with Gasteiger partial charge in [0.05, 0.1) is 16.7 Å². The van der Waals surface area contributed by atoms with Crippen molar-refractivity contribution in [1.29, 1.82) is 0 Å². The minimum Gasteiger partial charge on any atom is -0.507 e. The number of ether oxygens (including phenoxy) is 1. The Balaban J connectivity index is 1.51. The predicted octanol–water partition coefficient (Wildman–Crippen LogP) is 0.606. The maximum absolute atomic E-state index is 14.4. The Hall–Kier alpha value is -8.28. The molecule has 528 valence electrons. The largest absolute Gasteiger partial charge is 0.507 e. The summed E-state index contributed by atoms with van der Waals surface area (Å²) in [6.07, 6.45) is 4.06. The number of nitrogens with zero attached hydrogens (tertiary/aromatic N) is 4. The molecule has 0 radical (unpaired) electrons. The highest BCUT2D eigenvalue weighted by molar-refractivity contribution is 14.1. The van der Waals surface area contributed by atoms with Crippen molar-refractivity contribution in [2.24, 2.45) is 0 Å². The summed E-state index contributed by atoms with van der Waals surface area (Å²) in [5, 5.41) is 86.0. The van der Waals surface area contributed by atoms with Crippen LogP contribution in [0.1, 0.15) is 114 Å². The van der Waals surface area contributed by atoms with Crippen LogP contribution in [0.2, 0.25) is 0 Å². The third kappa shape index (κ3) is 35.7. The zero-order chi connectivity index (χ0) is 70.1. The van der Waals surface area contributed by atoms with Crippen LogP contribution in [-0.2, 0) is 75.1 Å². The number of carbonyl (C=O) groups is 13. The molecule has 1 heterocycles. The highest BCUT2D eigenvalue weighted by Gasteiger charge is 2.32. The van der Waals surface area contributed by atoms with E-state index in [0.29, 0.717) is 79.9 Å². The Morgan fingerprint density at radius 2 is 0.979 bits per heavy atom. The van der Waals surface area contributed by atoms with Crippen LogP contribution in [0, 0.1) is 3.57 Å². The lowest BCUT2D eigenvalue weighted by molar-refractivity contribution is -0.145. The van der Waals surface area contributed by atoms with E-state index in [1.807, 2.05) is 22.6 Å². The van der Waals surface area contributed by atoms with Crippen LogP contribution < -0.4 is 37.2 Å². The Bertz CT molecular complexity index is 2820. The number of halogens is 1. The summed E-state index contributed by atoms with van der Waals surface area (Å²) in [5.41, 5.74) is 1.27. The number of phenolic OH excluding ortho intramolecular Hbond substituents is 1. The normalized spacial score (nSPS) is 15.1. The molecule has 2 aromatic carbocycles. The molecule has 3 rings (SSSR count). The van der Waals surface area contributed by atoms with Crippen LogP contribution in [-0.4, -0.2) is 255 Å². The van der Waals surface area contributed by atoms with Gasteiger partial charge in [0, 0.05) is 111 Å². The molecule has 0 spiro atoms. The SMILES string of the molecule is O=COCN1CCN(CC(=O)O)CCN(CC(=O)O)CCN(C(CCC(=O)NC(Cc2ccc(O)c(I)c2)C(=O)NC(Cc2ccccc2)C(=O)NCCCCCNC(=O)CCCCCCC(=O)NCCCCC(NC(=O)NC(CCC(=O)O)C(=O)O)C(=O)O)C(=O)O)CC1. The van der Waals surface area contributed by atoms with Crippen molar-refractivity contribution < 1.29 is 103 Å². The molecule has 1 saturated heterocycles. The van der Waals surface area contributed by atoms with Crippen molar-refractivity contribution in [3.8, 4) is 5.75 Å². The average Bonchev–Trinajstić information content (AvgIpc) is 1.07. The molecule has 1 aliphatic heterocycles. The fourth-order valence-corrected chi connectivity index (χ4v) is 10.8. The maximum Gasteiger partial charge on any atom is 0.326 e. The number of urea groups is 1. The number of aromatic hydroxyl groups is 1. The summed E-state index contributed by atoms with van der Waals surface area (Å²) < 4.78 is 5.47. The fraction of sp³-hybridized carbons (Fsp3) is 0.597. The smallest absolute Gasteiger partial charge is 0.326 e. The van der Waals surface area contributed by atoms with Gasteiger partial charge in [-0.05, 0) is 110 Å². The van der Waals surface area contributed by atoms with Crippen LogP contribution in [0.15, 0.2) is 48.5 Å². The predicted molar refractivity (Wildman–Crippen MR) is 348 cm³/mol. The molecule has 0 aliphatic carbocycles. The quantitative estimate of drug-likeness (QED) is 0.0245. The van der Waals surface area contributed by atoms with E-state index in [4.69, 9.17) is 9.84 Å². The lowest BCUT2D eigenvalue weighted by Gasteiger charge is -2.35. The summed E-state index contributed by atoms with van der Waals surface area (Å²) in [4.78, 5) is 167. The molecular formula is C62H92IN11O21. The van der Waals surface area contributed by atoms with E-state index in [2.05, 4.69) is 37.2 Å². The third-order valence-corrected chi connectivity index (χ3v) is 16.3. The first-order valence-corrected chi connectivity index (χ1v) is 32.7. The highest BCUT2D eigenvalue weighted by Crippen LogP contribution is 2.22. The van der Waals surface area contributed by atoms with Gasteiger partial charge in [-0.2, -0.15) is 0 Å². The molecule has 95 heavy (non-hydrogen) atoms. The topological polar surface area (TPSA) is 470 Å². The van der Waals surface area contributed by atoms with E-state index in [1.165, 1.54) is 6.07 Å². The molecule has 5 unspecified atom stereocenters. The Kier molecular flexibility index (Phi) is 39.2.